The third-order valence-electron chi connectivity index (χ3n) is 6.56. The lowest BCUT2D eigenvalue weighted by Gasteiger charge is -2.55. The maximum Gasteiger partial charge on any atom is -0.00572 e. The van der Waals surface area contributed by atoms with Crippen LogP contribution in [0.15, 0.2) is 12.2 Å². The summed E-state index contributed by atoms with van der Waals surface area (Å²) in [4.78, 5) is 0. The van der Waals surface area contributed by atoms with Gasteiger partial charge in [-0.15, -0.1) is 0 Å². The van der Waals surface area contributed by atoms with E-state index >= 15 is 0 Å². The van der Waals surface area contributed by atoms with Crippen LogP contribution in [-0.4, -0.2) is 0 Å². The molecule has 15 heavy (non-hydrogen) atoms. The third-order valence-corrected chi connectivity index (χ3v) is 6.56. The smallest absolute Gasteiger partial charge is 0.00572 e. The normalized spacial score (nSPS) is 57.1. The Morgan fingerprint density at radius 3 is 2.67 bits per heavy atom. The van der Waals surface area contributed by atoms with E-state index in [9.17, 15) is 0 Å². The average molecular weight is 204 g/mol. The van der Waals surface area contributed by atoms with Gasteiger partial charge in [0.2, 0.25) is 0 Å². The van der Waals surface area contributed by atoms with Crippen molar-refractivity contribution in [1.29, 1.82) is 0 Å². The molecule has 3 aliphatic carbocycles. The highest BCUT2D eigenvalue weighted by atomic mass is 14.7. The van der Waals surface area contributed by atoms with Gasteiger partial charge in [-0.2, -0.15) is 0 Å². The van der Waals surface area contributed by atoms with Crippen LogP contribution in [-0.2, 0) is 0 Å². The van der Waals surface area contributed by atoms with Gasteiger partial charge in [-0.1, -0.05) is 32.4 Å². The predicted molar refractivity (Wildman–Crippen MR) is 64.6 cm³/mol. The molecule has 0 amide bonds. The number of hydrogen-bond donors (Lipinski definition) is 0. The topological polar surface area (TPSA) is 0 Å². The Hall–Kier alpha value is -0.260. The Bertz CT molecular complexity index is 316. The molecule has 0 nitrogen and oxygen atoms in total. The van der Waals surface area contributed by atoms with E-state index in [-0.39, 0.29) is 0 Å². The molecule has 3 rings (SSSR count). The second kappa shape index (κ2) is 2.70. The average Bonchev–Trinajstić information content (AvgIpc) is 2.67. The number of fused-ring (bicyclic) bond motifs is 1. The lowest BCUT2D eigenvalue weighted by atomic mass is 9.49. The Kier molecular flexibility index (Phi) is 1.79. The molecule has 0 aliphatic heterocycles. The SMILES string of the molecule is C=C(C)C12CCCC3(C)C(C)C(CC13)C2. The van der Waals surface area contributed by atoms with Crippen LogP contribution >= 0.6 is 0 Å². The van der Waals surface area contributed by atoms with Gasteiger partial charge in [0.05, 0.1) is 0 Å². The number of hydrogen-bond acceptors (Lipinski definition) is 0. The summed E-state index contributed by atoms with van der Waals surface area (Å²) in [5.41, 5.74) is 2.71. The molecular formula is C15H24. The number of rotatable bonds is 1. The van der Waals surface area contributed by atoms with Crippen LogP contribution in [0.2, 0.25) is 0 Å². The van der Waals surface area contributed by atoms with Crippen LogP contribution in [0.3, 0.4) is 0 Å². The Morgan fingerprint density at radius 1 is 1.33 bits per heavy atom. The Balaban J connectivity index is 2.07. The lowest BCUT2D eigenvalue weighted by molar-refractivity contribution is -0.0277. The maximum absolute atomic E-state index is 4.32. The largest absolute Gasteiger partial charge is 0.0996 e. The summed E-state index contributed by atoms with van der Waals surface area (Å²) in [5, 5.41) is 0. The zero-order valence-electron chi connectivity index (χ0n) is 10.5. The second-order valence-corrected chi connectivity index (χ2v) is 6.84. The molecule has 3 saturated carbocycles. The zero-order valence-corrected chi connectivity index (χ0v) is 10.5. The molecule has 0 radical (unpaired) electrons. The standard InChI is InChI=1S/C15H24/c1-10(2)15-7-5-6-14(4)11(3)12(9-15)8-13(14)15/h11-13H,1,5-9H2,2-4H3. The molecular weight excluding hydrogens is 180 g/mol. The van der Waals surface area contributed by atoms with E-state index in [1.165, 1.54) is 37.7 Å². The minimum atomic E-state index is 0.560. The first-order chi connectivity index (χ1) is 7.01. The minimum Gasteiger partial charge on any atom is -0.0996 e. The molecule has 3 fully saturated rings. The van der Waals surface area contributed by atoms with Crippen molar-refractivity contribution in [2.24, 2.45) is 28.6 Å². The fourth-order valence-electron chi connectivity index (χ4n) is 5.51. The first-order valence-electron chi connectivity index (χ1n) is 6.67. The molecule has 0 N–H and O–H groups in total. The van der Waals surface area contributed by atoms with Gasteiger partial charge in [0.1, 0.15) is 0 Å². The van der Waals surface area contributed by atoms with Crippen molar-refractivity contribution in [3.05, 3.63) is 12.2 Å². The van der Waals surface area contributed by atoms with Crippen molar-refractivity contribution in [2.45, 2.75) is 52.9 Å². The molecule has 84 valence electrons. The highest BCUT2D eigenvalue weighted by Gasteiger charge is 2.65. The first kappa shape index (κ1) is 9.93. The summed E-state index contributed by atoms with van der Waals surface area (Å²) >= 11 is 0. The summed E-state index contributed by atoms with van der Waals surface area (Å²) in [6.45, 7) is 11.7. The van der Waals surface area contributed by atoms with E-state index in [0.717, 1.165) is 17.8 Å². The van der Waals surface area contributed by atoms with Gasteiger partial charge in [0.25, 0.3) is 0 Å². The second-order valence-electron chi connectivity index (χ2n) is 6.84. The molecule has 0 saturated heterocycles. The van der Waals surface area contributed by atoms with Crippen molar-refractivity contribution in [3.63, 3.8) is 0 Å². The molecule has 0 aromatic heterocycles. The summed E-state index contributed by atoms with van der Waals surface area (Å²) in [6.07, 6.45) is 7.32. The van der Waals surface area contributed by atoms with Crippen molar-refractivity contribution in [3.8, 4) is 0 Å². The van der Waals surface area contributed by atoms with Crippen molar-refractivity contribution in [1.82, 2.24) is 0 Å². The first-order valence-corrected chi connectivity index (χ1v) is 6.67. The molecule has 0 aromatic rings. The maximum atomic E-state index is 4.32. The summed E-state index contributed by atoms with van der Waals surface area (Å²) in [5.74, 6) is 2.95. The third kappa shape index (κ3) is 0.946. The quantitative estimate of drug-likeness (QED) is 0.555. The molecule has 3 aliphatic rings. The van der Waals surface area contributed by atoms with Gasteiger partial charge in [0, 0.05) is 0 Å². The van der Waals surface area contributed by atoms with Crippen molar-refractivity contribution in [2.75, 3.05) is 0 Å². The minimum absolute atomic E-state index is 0.560. The van der Waals surface area contributed by atoms with Gasteiger partial charge in [-0.25, -0.2) is 0 Å². The monoisotopic (exact) mass is 204 g/mol. The fourth-order valence-corrected chi connectivity index (χ4v) is 5.51. The summed E-state index contributed by atoms with van der Waals surface area (Å²) in [6, 6.07) is 0. The summed E-state index contributed by atoms with van der Waals surface area (Å²) < 4.78 is 0. The van der Waals surface area contributed by atoms with Crippen LogP contribution in [0.4, 0.5) is 0 Å². The molecule has 0 heterocycles. The van der Waals surface area contributed by atoms with E-state index in [4.69, 9.17) is 0 Å². The van der Waals surface area contributed by atoms with E-state index < -0.39 is 0 Å². The van der Waals surface area contributed by atoms with E-state index in [0.29, 0.717) is 10.8 Å². The van der Waals surface area contributed by atoms with Gasteiger partial charge in [-0.05, 0) is 61.2 Å². The van der Waals surface area contributed by atoms with E-state index in [2.05, 4.69) is 27.4 Å². The molecule has 0 spiro atoms. The predicted octanol–water partition coefficient (Wildman–Crippen LogP) is 4.42. The van der Waals surface area contributed by atoms with Crippen LogP contribution < -0.4 is 0 Å². The molecule has 2 bridgehead atoms. The van der Waals surface area contributed by atoms with Crippen LogP contribution in [0, 0.1) is 28.6 Å². The van der Waals surface area contributed by atoms with Crippen LogP contribution in [0.5, 0.6) is 0 Å². The number of allylic oxidation sites excluding steroid dienone is 1. The molecule has 0 aromatic carbocycles. The highest BCUT2D eigenvalue weighted by molar-refractivity contribution is 5.23. The molecule has 5 atom stereocenters. The van der Waals surface area contributed by atoms with Gasteiger partial charge >= 0.3 is 0 Å². The molecule has 0 heteroatoms. The summed E-state index contributed by atoms with van der Waals surface area (Å²) in [7, 11) is 0. The van der Waals surface area contributed by atoms with Gasteiger partial charge in [0.15, 0.2) is 0 Å². The Morgan fingerprint density at radius 2 is 2.07 bits per heavy atom. The van der Waals surface area contributed by atoms with Crippen LogP contribution in [0.25, 0.3) is 0 Å². The van der Waals surface area contributed by atoms with Crippen molar-refractivity contribution >= 4 is 0 Å². The van der Waals surface area contributed by atoms with Crippen molar-refractivity contribution < 1.29 is 0 Å². The van der Waals surface area contributed by atoms with E-state index in [1.54, 1.807) is 0 Å². The zero-order chi connectivity index (χ0) is 10.8. The van der Waals surface area contributed by atoms with Crippen LogP contribution in [0.1, 0.15) is 52.9 Å². The fraction of sp³-hybridized carbons (Fsp3) is 0.867. The Labute approximate surface area is 94.1 Å². The van der Waals surface area contributed by atoms with E-state index in [1.807, 2.05) is 0 Å². The van der Waals surface area contributed by atoms with Gasteiger partial charge < -0.3 is 0 Å². The highest BCUT2D eigenvalue weighted by Crippen LogP contribution is 2.73. The van der Waals surface area contributed by atoms with Gasteiger partial charge in [-0.3, -0.25) is 0 Å². The molecule has 5 unspecified atom stereocenters. The lowest BCUT2D eigenvalue weighted by Crippen LogP contribution is -2.47.